The van der Waals surface area contributed by atoms with Gasteiger partial charge >= 0.3 is 6.09 Å². The molecule has 0 saturated carbocycles. The van der Waals surface area contributed by atoms with Gasteiger partial charge in [0.1, 0.15) is 17.5 Å². The van der Waals surface area contributed by atoms with Crippen LogP contribution in [-0.2, 0) is 4.74 Å². The van der Waals surface area contributed by atoms with Crippen LogP contribution in [0, 0.1) is 5.41 Å². The molecule has 6 heteroatoms. The lowest BCUT2D eigenvalue weighted by molar-refractivity contribution is 0.0502. The molecule has 5 N–H and O–H groups in total. The summed E-state index contributed by atoms with van der Waals surface area (Å²) >= 11 is 0. The van der Waals surface area contributed by atoms with E-state index in [2.05, 4.69) is 5.32 Å². The molecular weight excluding hydrogens is 186 g/mol. The second-order valence-corrected chi connectivity index (χ2v) is 3.84. The van der Waals surface area contributed by atoms with Crippen molar-refractivity contribution in [2.45, 2.75) is 32.4 Å². The molecule has 6 nitrogen and oxygen atoms in total. The number of amidine groups is 1. The average molecular weight is 203 g/mol. The molecule has 0 aliphatic carbocycles. The van der Waals surface area contributed by atoms with Crippen LogP contribution in [0.3, 0.4) is 0 Å². The number of rotatable bonds is 3. The Morgan fingerprint density at radius 1 is 1.64 bits per heavy atom. The zero-order chi connectivity index (χ0) is 11.4. The Kier molecular flexibility index (Phi) is 4.36. The van der Waals surface area contributed by atoms with E-state index in [-0.39, 0.29) is 5.84 Å². The standard InChI is InChI=1S/C8H17N3O3/c1-8(2,3)14-7(13)11-5(4-12)6(9)10/h5,12H,4H2,1-3H3,(H3,9,10)(H,11,13). The van der Waals surface area contributed by atoms with Gasteiger partial charge in [0.15, 0.2) is 0 Å². The first-order valence-corrected chi connectivity index (χ1v) is 4.20. The van der Waals surface area contributed by atoms with Gasteiger partial charge in [-0.05, 0) is 20.8 Å². The number of carbonyl (C=O) groups excluding carboxylic acids is 1. The van der Waals surface area contributed by atoms with Gasteiger partial charge in [-0.25, -0.2) is 4.79 Å². The summed E-state index contributed by atoms with van der Waals surface area (Å²) < 4.78 is 4.91. The van der Waals surface area contributed by atoms with Gasteiger partial charge in [-0.15, -0.1) is 0 Å². The highest BCUT2D eigenvalue weighted by molar-refractivity contribution is 5.86. The molecule has 0 aromatic carbocycles. The van der Waals surface area contributed by atoms with E-state index in [0.717, 1.165) is 0 Å². The minimum Gasteiger partial charge on any atom is -0.444 e. The third kappa shape index (κ3) is 5.36. The van der Waals surface area contributed by atoms with Crippen molar-refractivity contribution in [1.29, 1.82) is 5.41 Å². The van der Waals surface area contributed by atoms with E-state index in [4.69, 9.17) is 21.0 Å². The maximum absolute atomic E-state index is 11.1. The monoisotopic (exact) mass is 203 g/mol. The van der Waals surface area contributed by atoms with Crippen molar-refractivity contribution in [2.75, 3.05) is 6.61 Å². The molecule has 0 fully saturated rings. The van der Waals surface area contributed by atoms with Crippen LogP contribution in [0.15, 0.2) is 0 Å². The number of aliphatic hydroxyl groups is 1. The van der Waals surface area contributed by atoms with Crippen molar-refractivity contribution in [1.82, 2.24) is 5.32 Å². The summed E-state index contributed by atoms with van der Waals surface area (Å²) in [6, 6.07) is -0.884. The zero-order valence-corrected chi connectivity index (χ0v) is 8.63. The number of nitrogens with one attached hydrogen (secondary N) is 2. The van der Waals surface area contributed by atoms with E-state index in [1.807, 2.05) is 0 Å². The third-order valence-electron chi connectivity index (χ3n) is 1.25. The van der Waals surface area contributed by atoms with E-state index >= 15 is 0 Å². The molecule has 0 saturated heterocycles. The third-order valence-corrected chi connectivity index (χ3v) is 1.25. The predicted octanol–water partition coefficient (Wildman–Crippen LogP) is -0.192. The van der Waals surface area contributed by atoms with E-state index in [0.29, 0.717) is 0 Å². The van der Waals surface area contributed by atoms with Crippen molar-refractivity contribution in [3.63, 3.8) is 0 Å². The summed E-state index contributed by atoms with van der Waals surface area (Å²) in [6.45, 7) is 4.73. The van der Waals surface area contributed by atoms with Crippen LogP contribution in [-0.4, -0.2) is 35.3 Å². The maximum Gasteiger partial charge on any atom is 0.408 e. The summed E-state index contributed by atoms with van der Waals surface area (Å²) in [5.41, 5.74) is 4.50. The van der Waals surface area contributed by atoms with Gasteiger partial charge in [-0.2, -0.15) is 0 Å². The van der Waals surface area contributed by atoms with Gasteiger partial charge in [-0.1, -0.05) is 0 Å². The fourth-order valence-corrected chi connectivity index (χ4v) is 0.672. The van der Waals surface area contributed by atoms with Crippen molar-refractivity contribution in [3.8, 4) is 0 Å². The quantitative estimate of drug-likeness (QED) is 0.376. The van der Waals surface area contributed by atoms with Gasteiger partial charge in [0.05, 0.1) is 6.61 Å². The van der Waals surface area contributed by atoms with Gasteiger partial charge in [0.25, 0.3) is 0 Å². The molecule has 0 heterocycles. The first kappa shape index (κ1) is 12.7. The number of amides is 1. The summed E-state index contributed by atoms with van der Waals surface area (Å²) in [6.07, 6.45) is -0.702. The number of alkyl carbamates (subject to hydrolysis) is 1. The van der Waals surface area contributed by atoms with E-state index in [9.17, 15) is 4.79 Å². The van der Waals surface area contributed by atoms with Gasteiger partial charge < -0.3 is 20.9 Å². The highest BCUT2D eigenvalue weighted by Gasteiger charge is 2.20. The highest BCUT2D eigenvalue weighted by atomic mass is 16.6. The minimum atomic E-state index is -0.884. The Labute approximate surface area is 82.9 Å². The van der Waals surface area contributed by atoms with Crippen LogP contribution < -0.4 is 11.1 Å². The molecule has 82 valence electrons. The normalized spacial score (nSPS) is 13.1. The number of ether oxygens (including phenoxy) is 1. The smallest absolute Gasteiger partial charge is 0.408 e. The van der Waals surface area contributed by atoms with Crippen LogP contribution in [0.5, 0.6) is 0 Å². The van der Waals surface area contributed by atoms with Crippen LogP contribution >= 0.6 is 0 Å². The van der Waals surface area contributed by atoms with Crippen LogP contribution in [0.4, 0.5) is 4.79 Å². The van der Waals surface area contributed by atoms with E-state index in [1.165, 1.54) is 0 Å². The number of hydrogen-bond donors (Lipinski definition) is 4. The second-order valence-electron chi connectivity index (χ2n) is 3.84. The molecule has 1 amide bonds. The van der Waals surface area contributed by atoms with Crippen LogP contribution in [0.2, 0.25) is 0 Å². The Balaban J connectivity index is 4.11. The molecule has 1 atom stereocenters. The Morgan fingerprint density at radius 2 is 2.14 bits per heavy atom. The summed E-state index contributed by atoms with van der Waals surface area (Å²) in [7, 11) is 0. The number of carbonyl (C=O) groups is 1. The Hall–Kier alpha value is -1.30. The Morgan fingerprint density at radius 3 is 2.43 bits per heavy atom. The van der Waals surface area contributed by atoms with Crippen molar-refractivity contribution < 1.29 is 14.6 Å². The summed E-state index contributed by atoms with van der Waals surface area (Å²) in [5.74, 6) is -0.307. The van der Waals surface area contributed by atoms with Crippen molar-refractivity contribution in [3.05, 3.63) is 0 Å². The first-order chi connectivity index (χ1) is 6.26. The second kappa shape index (κ2) is 4.80. The molecule has 0 rings (SSSR count). The van der Waals surface area contributed by atoms with Crippen molar-refractivity contribution >= 4 is 11.9 Å². The minimum absolute atomic E-state index is 0.307. The fourth-order valence-electron chi connectivity index (χ4n) is 0.672. The largest absolute Gasteiger partial charge is 0.444 e. The molecule has 0 bridgehead atoms. The zero-order valence-electron chi connectivity index (χ0n) is 8.63. The maximum atomic E-state index is 11.1. The van der Waals surface area contributed by atoms with Crippen LogP contribution in [0.25, 0.3) is 0 Å². The first-order valence-electron chi connectivity index (χ1n) is 4.20. The number of aliphatic hydroxyl groups excluding tert-OH is 1. The molecule has 0 radical (unpaired) electrons. The topological polar surface area (TPSA) is 108 Å². The summed E-state index contributed by atoms with van der Waals surface area (Å²) in [4.78, 5) is 11.1. The molecule has 0 spiro atoms. The van der Waals surface area contributed by atoms with Crippen LogP contribution in [0.1, 0.15) is 20.8 Å². The Bertz CT molecular complexity index is 222. The predicted molar refractivity (Wildman–Crippen MR) is 52.2 cm³/mol. The van der Waals surface area contributed by atoms with E-state index in [1.54, 1.807) is 20.8 Å². The lowest BCUT2D eigenvalue weighted by Crippen LogP contribution is -2.48. The molecule has 0 aromatic heterocycles. The SMILES string of the molecule is CC(C)(C)OC(=O)NC(CO)C(=N)N. The van der Waals surface area contributed by atoms with Crippen molar-refractivity contribution in [2.24, 2.45) is 5.73 Å². The molecule has 14 heavy (non-hydrogen) atoms. The molecule has 0 aliphatic rings. The van der Waals surface area contributed by atoms with Gasteiger partial charge in [-0.3, -0.25) is 5.41 Å². The molecular formula is C8H17N3O3. The number of hydrogen-bond acceptors (Lipinski definition) is 4. The fraction of sp³-hybridized carbons (Fsp3) is 0.750. The lowest BCUT2D eigenvalue weighted by atomic mass is 10.2. The van der Waals surface area contributed by atoms with E-state index < -0.39 is 24.3 Å². The summed E-state index contributed by atoms with van der Waals surface area (Å²) in [5, 5.41) is 18.0. The molecule has 1 unspecified atom stereocenters. The molecule has 0 aliphatic heterocycles. The highest BCUT2D eigenvalue weighted by Crippen LogP contribution is 2.06. The van der Waals surface area contributed by atoms with Gasteiger partial charge in [0, 0.05) is 0 Å². The number of nitrogens with two attached hydrogens (primary N) is 1. The van der Waals surface area contributed by atoms with Gasteiger partial charge in [0.2, 0.25) is 0 Å². The molecule has 0 aromatic rings. The average Bonchev–Trinajstić information content (AvgIpc) is 1.96. The lowest BCUT2D eigenvalue weighted by Gasteiger charge is -2.22.